The van der Waals surface area contributed by atoms with Crippen LogP contribution in [0, 0.1) is 0 Å². The van der Waals surface area contributed by atoms with Gasteiger partial charge in [0.15, 0.2) is 10.2 Å². The number of tetrazole rings is 1. The number of aromatic nitrogens is 12. The summed E-state index contributed by atoms with van der Waals surface area (Å²) in [6, 6.07) is 13.7. The van der Waals surface area contributed by atoms with Gasteiger partial charge in [0, 0.05) is 24.8 Å². The molecule has 0 unspecified atom stereocenters. The molecule has 0 bridgehead atoms. The third-order valence-electron chi connectivity index (χ3n) is 7.43. The minimum absolute atomic E-state index is 0.257. The molecule has 5 N–H and O–H groups in total. The Kier molecular flexibility index (Phi) is 4.30. The van der Waals surface area contributed by atoms with Crippen LogP contribution in [0.2, 0.25) is 0 Å². The summed E-state index contributed by atoms with van der Waals surface area (Å²) in [5, 5.41) is 38.9. The van der Waals surface area contributed by atoms with E-state index in [0.29, 0.717) is 37.3 Å². The van der Waals surface area contributed by atoms with Crippen LogP contribution in [0.4, 0.5) is 0 Å². The molecule has 0 radical (unpaired) electrons. The third kappa shape index (κ3) is 2.14. The molecule has 0 fully saturated rings. The summed E-state index contributed by atoms with van der Waals surface area (Å²) in [7, 11) is -5.05. The number of nitrogens with zero attached hydrogens (tertiary/aromatic N) is 8. The first-order chi connectivity index (χ1) is 19.8. The number of aliphatic imine (C=N–C) groups is 1. The number of thiophene rings is 1. The van der Waals surface area contributed by atoms with Crippen molar-refractivity contribution in [2.24, 2.45) is 4.99 Å². The summed E-state index contributed by atoms with van der Waals surface area (Å²) in [6.45, 7) is 0. The zero-order chi connectivity index (χ0) is 26.7. The van der Waals surface area contributed by atoms with E-state index in [1.54, 1.807) is 42.4 Å². The average molecular weight is 570 g/mol. The second kappa shape index (κ2) is 7.61. The zero-order valence-electron chi connectivity index (χ0n) is 20.4. The molecule has 198 valence electrons. The highest BCUT2D eigenvalue weighted by atomic mass is 32.4. The number of nitrogens with one attached hydrogen (secondary N) is 5. The monoisotopic (exact) mass is 569 g/mol. The topological polar surface area (TPSA) is 195 Å². The van der Waals surface area contributed by atoms with Crippen molar-refractivity contribution in [2.75, 3.05) is 0 Å². The van der Waals surface area contributed by atoms with E-state index in [-0.39, 0.29) is 5.82 Å². The van der Waals surface area contributed by atoms with Gasteiger partial charge in [-0.3, -0.25) is 5.10 Å². The SMILES string of the molecule is c1c[nH]c(S2(c3ncc[nH]3)(c3ccco3)(c3cccs3)C(c3nn[nH]n3)=NC(c3cn[nH]n3)=C2c2ccn[nH]2)c1. The molecule has 0 saturated carbocycles. The van der Waals surface area contributed by atoms with Crippen molar-refractivity contribution < 1.29 is 4.42 Å². The van der Waals surface area contributed by atoms with E-state index in [1.807, 2.05) is 48.0 Å². The molecule has 8 heterocycles. The maximum atomic E-state index is 6.62. The van der Waals surface area contributed by atoms with Gasteiger partial charge in [0.1, 0.15) is 16.4 Å². The predicted molar refractivity (Wildman–Crippen MR) is 146 cm³/mol. The Balaban J connectivity index is 1.82. The van der Waals surface area contributed by atoms with Crippen LogP contribution >= 0.6 is 19.6 Å². The Morgan fingerprint density at radius 1 is 0.900 bits per heavy atom. The molecule has 0 spiro atoms. The Morgan fingerprint density at radius 3 is 2.55 bits per heavy atom. The fraction of sp³-hybridized carbons (Fsp3) is 0. The maximum absolute atomic E-state index is 6.62. The van der Waals surface area contributed by atoms with Crippen LogP contribution in [0.5, 0.6) is 0 Å². The molecule has 0 amide bonds. The van der Waals surface area contributed by atoms with Gasteiger partial charge < -0.3 is 14.4 Å². The van der Waals surface area contributed by atoms with Gasteiger partial charge in [-0.1, -0.05) is 14.4 Å². The van der Waals surface area contributed by atoms with Crippen molar-refractivity contribution in [2.45, 2.75) is 19.5 Å². The Morgan fingerprint density at radius 2 is 1.90 bits per heavy atom. The van der Waals surface area contributed by atoms with E-state index in [1.165, 1.54) is 0 Å². The van der Waals surface area contributed by atoms with Gasteiger partial charge in [-0.15, -0.1) is 21.5 Å². The fourth-order valence-electron chi connectivity index (χ4n) is 6.08. The number of rotatable bonds is 7. The summed E-state index contributed by atoms with van der Waals surface area (Å²) in [6.07, 6.45) is 10.3. The lowest BCUT2D eigenvalue weighted by Crippen LogP contribution is -2.45. The van der Waals surface area contributed by atoms with Gasteiger partial charge in [0.2, 0.25) is 5.82 Å². The summed E-state index contributed by atoms with van der Waals surface area (Å²) in [4.78, 5) is 18.2. The maximum Gasteiger partial charge on any atom is 0.228 e. The molecule has 7 aromatic heterocycles. The number of aromatic amines is 5. The Bertz CT molecular complexity index is 1810. The molecule has 40 heavy (non-hydrogen) atoms. The van der Waals surface area contributed by atoms with Crippen LogP contribution < -0.4 is 0 Å². The number of H-pyrrole nitrogens is 5. The van der Waals surface area contributed by atoms with Crippen LogP contribution in [0.25, 0.3) is 10.6 Å². The van der Waals surface area contributed by atoms with Gasteiger partial charge in [-0.2, -0.15) is 25.7 Å². The number of hydrogen-bond acceptors (Lipinski definition) is 10. The van der Waals surface area contributed by atoms with E-state index >= 15 is 0 Å². The first kappa shape index (κ1) is 22.6. The molecule has 14 nitrogen and oxygen atoms in total. The molecule has 8 rings (SSSR count). The first-order valence-corrected chi connectivity index (χ1v) is 15.3. The van der Waals surface area contributed by atoms with Crippen LogP contribution in [0.1, 0.15) is 17.2 Å². The molecule has 0 saturated heterocycles. The summed E-state index contributed by atoms with van der Waals surface area (Å²) in [5.74, 6) is 0.257. The van der Waals surface area contributed by atoms with Crippen LogP contribution in [-0.2, 0) is 0 Å². The van der Waals surface area contributed by atoms with Crippen molar-refractivity contribution in [3.8, 4) is 0 Å². The van der Waals surface area contributed by atoms with Crippen molar-refractivity contribution >= 4 is 35.3 Å². The lowest BCUT2D eigenvalue weighted by atomic mass is 10.2. The normalized spacial score (nSPS) is 19.1. The molecule has 7 aromatic rings. The van der Waals surface area contributed by atoms with Crippen molar-refractivity contribution in [3.63, 3.8) is 0 Å². The molecule has 0 aromatic carbocycles. The van der Waals surface area contributed by atoms with Crippen molar-refractivity contribution in [1.82, 2.24) is 61.2 Å². The molecular formula is C24H19N13OS2. The van der Waals surface area contributed by atoms with Crippen LogP contribution in [0.15, 0.2) is 114 Å². The standard InChI is InChI=1S/C24H19N13OS2/c1-4-17(25-8-1)40(18-5-2-12-38-18,19-6-3-13-39-19,24-26-10-11-27-24)21(15-7-9-28-31-15)20(16-14-29-35-32-16)30-23(40)22-33-36-37-34-22/h1-14,25H,(H,26,27)(H,28,31)(H,29,32,35)(H,33,34,36,37). The van der Waals surface area contributed by atoms with Crippen molar-refractivity contribution in [3.05, 3.63) is 102 Å². The molecule has 16 heteroatoms. The Hall–Kier alpha value is -5.35. The average Bonchev–Trinajstić information content (AvgIpc) is 3.84. The van der Waals surface area contributed by atoms with Gasteiger partial charge in [0.05, 0.1) is 32.3 Å². The minimum Gasteiger partial charge on any atom is -0.459 e. The highest BCUT2D eigenvalue weighted by Gasteiger charge is 2.82. The van der Waals surface area contributed by atoms with Gasteiger partial charge in [-0.05, 0) is 47.0 Å². The van der Waals surface area contributed by atoms with E-state index in [4.69, 9.17) is 14.4 Å². The molecule has 1 aliphatic heterocycles. The Labute approximate surface area is 227 Å². The second-order valence-corrected chi connectivity index (χ2v) is 15.7. The second-order valence-electron chi connectivity index (χ2n) is 8.98. The number of imidazole rings is 1. The molecule has 1 aliphatic rings. The smallest absolute Gasteiger partial charge is 0.228 e. The minimum atomic E-state index is -5.05. The van der Waals surface area contributed by atoms with Crippen molar-refractivity contribution in [1.29, 1.82) is 0 Å². The lowest BCUT2D eigenvalue weighted by molar-refractivity contribution is 0.465. The summed E-state index contributed by atoms with van der Waals surface area (Å²) < 4.78 is 7.50. The molecular weight excluding hydrogens is 550 g/mol. The van der Waals surface area contributed by atoms with Crippen LogP contribution in [0.3, 0.4) is 0 Å². The first-order valence-electron chi connectivity index (χ1n) is 12.0. The van der Waals surface area contributed by atoms with E-state index in [0.717, 1.165) is 9.24 Å². The quantitative estimate of drug-likeness (QED) is 0.189. The zero-order valence-corrected chi connectivity index (χ0v) is 22.0. The lowest BCUT2D eigenvalue weighted by Gasteiger charge is -2.72. The van der Waals surface area contributed by atoms with E-state index in [9.17, 15) is 0 Å². The fourth-order valence-corrected chi connectivity index (χ4v) is 16.7. The molecule has 0 aliphatic carbocycles. The summed E-state index contributed by atoms with van der Waals surface area (Å²) >= 11 is 1.55. The van der Waals surface area contributed by atoms with E-state index in [2.05, 4.69) is 62.3 Å². The number of furan rings is 1. The third-order valence-corrected chi connectivity index (χ3v) is 17.2. The van der Waals surface area contributed by atoms with Gasteiger partial charge >= 0.3 is 0 Å². The predicted octanol–water partition coefficient (Wildman–Crippen LogP) is 4.15. The largest absolute Gasteiger partial charge is 0.459 e. The van der Waals surface area contributed by atoms with E-state index < -0.39 is 8.29 Å². The van der Waals surface area contributed by atoms with Gasteiger partial charge in [0.25, 0.3) is 0 Å². The highest BCUT2D eigenvalue weighted by Crippen LogP contribution is 3.13. The van der Waals surface area contributed by atoms with Crippen LogP contribution in [-0.4, -0.2) is 66.2 Å². The molecule has 0 atom stereocenters. The highest BCUT2D eigenvalue weighted by molar-refractivity contribution is 8.80. The van der Waals surface area contributed by atoms with Gasteiger partial charge in [-0.25, -0.2) is 9.98 Å². The summed E-state index contributed by atoms with van der Waals surface area (Å²) in [5.41, 5.74) is 1.67. The number of hydrogen-bond donors (Lipinski definition) is 5.